The van der Waals surface area contributed by atoms with E-state index in [4.69, 9.17) is 14.2 Å². The molecule has 0 spiro atoms. The van der Waals surface area contributed by atoms with E-state index in [9.17, 15) is 19.5 Å². The van der Waals surface area contributed by atoms with Gasteiger partial charge in [0, 0.05) is 5.56 Å². The number of unbranched alkanes of at least 4 members (excludes halogenated alkanes) is 2. The SMILES string of the molecule is C=CCOC(=O)c1sc(N2C(=O)C(=O)/C(=C(/O)c3ccc(OCCCC)cc3)C2c2ccc(OCCCC)cc2)nc1C. The third-order valence-electron chi connectivity index (χ3n) is 6.81. The Bertz CT molecular complexity index is 1490. The van der Waals surface area contributed by atoms with Crippen LogP contribution in [0.1, 0.15) is 72.1 Å². The Labute approximate surface area is 255 Å². The molecule has 0 saturated carbocycles. The molecule has 1 aliphatic heterocycles. The summed E-state index contributed by atoms with van der Waals surface area (Å²) in [5.41, 5.74) is 1.18. The molecule has 1 aromatic heterocycles. The number of aliphatic hydroxyl groups is 1. The van der Waals surface area contributed by atoms with Gasteiger partial charge in [0.05, 0.1) is 30.5 Å². The monoisotopic (exact) mass is 604 g/mol. The van der Waals surface area contributed by atoms with Crippen LogP contribution in [0.2, 0.25) is 0 Å². The number of hydrogen-bond donors (Lipinski definition) is 1. The lowest BCUT2D eigenvalue weighted by molar-refractivity contribution is -0.132. The number of carbonyl (C=O) groups excluding carboxylic acids is 3. The van der Waals surface area contributed by atoms with Crippen LogP contribution in [0.5, 0.6) is 11.5 Å². The molecule has 4 rings (SSSR count). The number of Topliss-reactive ketones (excluding diaryl/α,β-unsaturated/α-hetero) is 1. The van der Waals surface area contributed by atoms with Crippen LogP contribution < -0.4 is 14.4 Å². The molecule has 0 aliphatic carbocycles. The number of ether oxygens (including phenoxy) is 3. The van der Waals surface area contributed by atoms with Crippen LogP contribution in [0.3, 0.4) is 0 Å². The Morgan fingerprint density at radius 3 is 2.14 bits per heavy atom. The second-order valence-corrected chi connectivity index (χ2v) is 10.9. The van der Waals surface area contributed by atoms with Crippen LogP contribution in [-0.2, 0) is 14.3 Å². The summed E-state index contributed by atoms with van der Waals surface area (Å²) < 4.78 is 16.7. The van der Waals surface area contributed by atoms with Gasteiger partial charge in [-0.15, -0.1) is 0 Å². The number of carbonyl (C=O) groups is 3. The first-order chi connectivity index (χ1) is 20.8. The van der Waals surface area contributed by atoms with Gasteiger partial charge in [0.15, 0.2) is 5.13 Å². The maximum absolute atomic E-state index is 13.6. The molecule has 3 aromatic rings. The van der Waals surface area contributed by atoms with E-state index in [-0.39, 0.29) is 27.9 Å². The number of aliphatic hydroxyl groups excluding tert-OH is 1. The van der Waals surface area contributed by atoms with Gasteiger partial charge in [0.1, 0.15) is 28.7 Å². The molecule has 1 atom stereocenters. The molecule has 43 heavy (non-hydrogen) atoms. The summed E-state index contributed by atoms with van der Waals surface area (Å²) in [7, 11) is 0. The van der Waals surface area contributed by atoms with Crippen LogP contribution in [0, 0.1) is 6.92 Å². The first-order valence-corrected chi connectivity index (χ1v) is 15.1. The highest BCUT2D eigenvalue weighted by Crippen LogP contribution is 2.44. The van der Waals surface area contributed by atoms with Gasteiger partial charge in [-0.3, -0.25) is 14.5 Å². The van der Waals surface area contributed by atoms with E-state index in [1.165, 1.54) is 11.0 Å². The minimum absolute atomic E-state index is 0.0190. The smallest absolute Gasteiger partial charge is 0.350 e. The average molecular weight is 605 g/mol. The fourth-order valence-electron chi connectivity index (χ4n) is 4.50. The number of ketones is 1. The third-order valence-corrected chi connectivity index (χ3v) is 7.95. The predicted octanol–water partition coefficient (Wildman–Crippen LogP) is 6.78. The zero-order valence-electron chi connectivity index (χ0n) is 24.6. The van der Waals surface area contributed by atoms with Gasteiger partial charge in [-0.2, -0.15) is 0 Å². The van der Waals surface area contributed by atoms with E-state index < -0.39 is 23.7 Å². The van der Waals surface area contributed by atoms with Crippen LogP contribution in [0.15, 0.2) is 66.8 Å². The molecule has 226 valence electrons. The van der Waals surface area contributed by atoms with Crippen LogP contribution in [-0.4, -0.2) is 47.6 Å². The van der Waals surface area contributed by atoms with Crippen LogP contribution in [0.25, 0.3) is 5.76 Å². The molecule has 1 aliphatic rings. The molecule has 1 fully saturated rings. The number of aryl methyl sites for hydroxylation is 1. The molecule has 2 aromatic carbocycles. The lowest BCUT2D eigenvalue weighted by atomic mass is 9.95. The molecular formula is C33H36N2O7S. The van der Waals surface area contributed by atoms with Crippen molar-refractivity contribution in [3.63, 3.8) is 0 Å². The minimum Gasteiger partial charge on any atom is -0.507 e. The maximum Gasteiger partial charge on any atom is 0.350 e. The highest BCUT2D eigenvalue weighted by molar-refractivity contribution is 7.17. The molecule has 1 saturated heterocycles. The molecule has 9 nitrogen and oxygen atoms in total. The van der Waals surface area contributed by atoms with Crippen molar-refractivity contribution in [2.75, 3.05) is 24.7 Å². The number of rotatable bonds is 14. The number of anilines is 1. The predicted molar refractivity (Wildman–Crippen MR) is 166 cm³/mol. The second kappa shape index (κ2) is 14.6. The molecule has 0 radical (unpaired) electrons. The van der Waals surface area contributed by atoms with Gasteiger partial charge in [-0.25, -0.2) is 9.78 Å². The lowest BCUT2D eigenvalue weighted by Crippen LogP contribution is -2.29. The average Bonchev–Trinajstić information content (AvgIpc) is 3.52. The van der Waals surface area contributed by atoms with E-state index in [0.29, 0.717) is 41.5 Å². The fourth-order valence-corrected chi connectivity index (χ4v) is 5.49. The molecular weight excluding hydrogens is 568 g/mol. The molecule has 0 bridgehead atoms. The number of benzene rings is 2. The highest BCUT2D eigenvalue weighted by atomic mass is 32.1. The van der Waals surface area contributed by atoms with Crippen molar-refractivity contribution in [3.05, 3.63) is 88.5 Å². The Morgan fingerprint density at radius 1 is 1.00 bits per heavy atom. The van der Waals surface area contributed by atoms with Crippen molar-refractivity contribution in [1.29, 1.82) is 0 Å². The van der Waals surface area contributed by atoms with E-state index in [1.54, 1.807) is 55.5 Å². The van der Waals surface area contributed by atoms with Crippen molar-refractivity contribution in [2.24, 2.45) is 0 Å². The molecule has 1 unspecified atom stereocenters. The summed E-state index contributed by atoms with van der Waals surface area (Å²) in [6, 6.07) is 12.7. The van der Waals surface area contributed by atoms with Gasteiger partial charge in [-0.1, -0.05) is 62.8 Å². The summed E-state index contributed by atoms with van der Waals surface area (Å²) in [6.07, 6.45) is 5.27. The Kier molecular flexibility index (Phi) is 10.7. The quantitative estimate of drug-likeness (QED) is 0.0535. The number of thiazole rings is 1. The first-order valence-electron chi connectivity index (χ1n) is 14.3. The number of nitrogens with zero attached hydrogens (tertiary/aromatic N) is 2. The third kappa shape index (κ3) is 7.14. The van der Waals surface area contributed by atoms with Gasteiger partial charge in [0.25, 0.3) is 5.78 Å². The zero-order valence-corrected chi connectivity index (χ0v) is 25.4. The van der Waals surface area contributed by atoms with Gasteiger partial charge in [-0.05, 0) is 61.7 Å². The Balaban J connectivity index is 1.77. The van der Waals surface area contributed by atoms with E-state index in [1.807, 2.05) is 0 Å². The van der Waals surface area contributed by atoms with E-state index >= 15 is 0 Å². The van der Waals surface area contributed by atoms with Crippen molar-refractivity contribution in [1.82, 2.24) is 4.98 Å². The topological polar surface area (TPSA) is 115 Å². The zero-order chi connectivity index (χ0) is 30.9. The highest BCUT2D eigenvalue weighted by Gasteiger charge is 2.48. The van der Waals surface area contributed by atoms with Crippen molar-refractivity contribution >= 4 is 39.9 Å². The molecule has 10 heteroatoms. The summed E-state index contributed by atoms with van der Waals surface area (Å²) in [6.45, 7) is 10.5. The fraction of sp³-hybridized carbons (Fsp3) is 0.333. The summed E-state index contributed by atoms with van der Waals surface area (Å²) >= 11 is 0.945. The van der Waals surface area contributed by atoms with E-state index in [0.717, 1.165) is 37.0 Å². The number of aromatic nitrogens is 1. The summed E-state index contributed by atoms with van der Waals surface area (Å²) in [5.74, 6) is -1.39. The summed E-state index contributed by atoms with van der Waals surface area (Å²) in [4.78, 5) is 45.6. The normalized spacial score (nSPS) is 15.9. The molecule has 2 heterocycles. The standard InChI is InChI=1S/C33H36N2O7S/c1-5-8-19-40-24-14-10-22(11-15-24)27-26(28(36)23-12-16-25(17-13-23)41-20-9-6-2)29(37)31(38)35(27)33-34-21(4)30(43-33)32(39)42-18-7-3/h7,10-17,27,36H,3,5-6,8-9,18-20H2,1-2,4H3/b28-26+. The first kappa shape index (κ1) is 31.5. The van der Waals surface area contributed by atoms with Crippen LogP contribution >= 0.6 is 11.3 Å². The molecule has 1 amide bonds. The largest absolute Gasteiger partial charge is 0.507 e. The number of amides is 1. The maximum atomic E-state index is 13.6. The minimum atomic E-state index is -1.01. The van der Waals surface area contributed by atoms with Gasteiger partial charge < -0.3 is 19.3 Å². The summed E-state index contributed by atoms with van der Waals surface area (Å²) in [5, 5.41) is 11.6. The lowest BCUT2D eigenvalue weighted by Gasteiger charge is -2.23. The van der Waals surface area contributed by atoms with Gasteiger partial charge >= 0.3 is 11.9 Å². The second-order valence-electron chi connectivity index (χ2n) is 9.96. The number of hydrogen-bond acceptors (Lipinski definition) is 9. The van der Waals surface area contributed by atoms with Crippen molar-refractivity contribution < 1.29 is 33.7 Å². The van der Waals surface area contributed by atoms with Crippen LogP contribution in [0.4, 0.5) is 5.13 Å². The van der Waals surface area contributed by atoms with E-state index in [2.05, 4.69) is 25.4 Å². The number of esters is 1. The Hall–Kier alpha value is -4.44. The molecule has 1 N–H and O–H groups in total. The van der Waals surface area contributed by atoms with Crippen molar-refractivity contribution in [3.8, 4) is 11.5 Å². The Morgan fingerprint density at radius 2 is 1.58 bits per heavy atom. The van der Waals surface area contributed by atoms with Crippen molar-refractivity contribution in [2.45, 2.75) is 52.5 Å². The van der Waals surface area contributed by atoms with Gasteiger partial charge in [0.2, 0.25) is 0 Å².